The van der Waals surface area contributed by atoms with Crippen molar-refractivity contribution < 1.29 is 9.53 Å². The summed E-state index contributed by atoms with van der Waals surface area (Å²) >= 11 is 0. The molecule has 0 bridgehead atoms. The van der Waals surface area contributed by atoms with Gasteiger partial charge in [-0.25, -0.2) is 4.79 Å². The zero-order valence-electron chi connectivity index (χ0n) is 16.7. The summed E-state index contributed by atoms with van der Waals surface area (Å²) < 4.78 is 5.44. The first-order valence-corrected chi connectivity index (χ1v) is 9.68. The van der Waals surface area contributed by atoms with E-state index in [4.69, 9.17) is 4.74 Å². The van der Waals surface area contributed by atoms with Crippen LogP contribution in [0.5, 0.6) is 0 Å². The summed E-state index contributed by atoms with van der Waals surface area (Å²) in [4.78, 5) is 14.4. The normalized spacial score (nSPS) is 23.5. The van der Waals surface area contributed by atoms with Crippen LogP contribution in [0.2, 0.25) is 0 Å². The van der Waals surface area contributed by atoms with E-state index in [1.54, 1.807) is 0 Å². The Labute approximate surface area is 157 Å². The lowest BCUT2D eigenvalue weighted by molar-refractivity contribution is 0.0474. The Balaban J connectivity index is 1.72. The fourth-order valence-corrected chi connectivity index (χ4v) is 3.68. The Hall–Kier alpha value is -1.81. The Kier molecular flexibility index (Phi) is 5.42. The topological polar surface area (TPSA) is 41.6 Å². The highest BCUT2D eigenvalue weighted by molar-refractivity contribution is 5.71. The number of hydrogen-bond donors (Lipinski definition) is 1. The van der Waals surface area contributed by atoms with E-state index in [1.165, 1.54) is 29.5 Å². The third-order valence-corrected chi connectivity index (χ3v) is 5.18. The van der Waals surface area contributed by atoms with Crippen LogP contribution in [-0.2, 0) is 4.74 Å². The molecule has 4 heteroatoms. The largest absolute Gasteiger partial charge is 0.444 e. The van der Waals surface area contributed by atoms with Crippen molar-refractivity contribution in [2.24, 2.45) is 0 Å². The van der Waals surface area contributed by atoms with Crippen LogP contribution in [0, 0.1) is 0 Å². The minimum Gasteiger partial charge on any atom is -0.444 e. The summed E-state index contributed by atoms with van der Waals surface area (Å²) in [6.07, 6.45) is 6.36. The van der Waals surface area contributed by atoms with Crippen LogP contribution < -0.4 is 5.32 Å². The molecule has 0 radical (unpaired) electrons. The number of alkyl carbamates (subject to hydrolysis) is 1. The molecule has 0 saturated heterocycles. The summed E-state index contributed by atoms with van der Waals surface area (Å²) in [7, 11) is 4.16. The molecule has 0 aliphatic heterocycles. The summed E-state index contributed by atoms with van der Waals surface area (Å²) in [5.74, 6) is 0.769. The first-order valence-electron chi connectivity index (χ1n) is 9.68. The second kappa shape index (κ2) is 7.43. The second-order valence-electron chi connectivity index (χ2n) is 8.85. The van der Waals surface area contributed by atoms with Crippen molar-refractivity contribution in [1.82, 2.24) is 10.2 Å². The van der Waals surface area contributed by atoms with Crippen molar-refractivity contribution in [2.45, 2.75) is 70.1 Å². The van der Waals surface area contributed by atoms with Gasteiger partial charge in [0.15, 0.2) is 0 Å². The summed E-state index contributed by atoms with van der Waals surface area (Å²) in [6.45, 7) is 5.67. The Morgan fingerprint density at radius 2 is 1.96 bits per heavy atom. The molecule has 2 aliphatic rings. The lowest BCUT2D eigenvalue weighted by atomic mass is 9.85. The number of carbonyl (C=O) groups is 1. The average Bonchev–Trinajstić information content (AvgIpc) is 3.38. The number of ether oxygens (including phenoxy) is 1. The molecule has 4 nitrogen and oxygen atoms in total. The third kappa shape index (κ3) is 4.88. The summed E-state index contributed by atoms with van der Waals surface area (Å²) in [5, 5.41) is 3.07. The van der Waals surface area contributed by atoms with Crippen LogP contribution >= 0.6 is 0 Å². The van der Waals surface area contributed by atoms with Gasteiger partial charge in [0.25, 0.3) is 0 Å². The first-order chi connectivity index (χ1) is 12.2. The standard InChI is InChI=1S/C22H32N2O2/c1-22(2,3)26-21(25)23-19-12-11-18(14-20(19)24(4)5)17-8-6-7-16(13-17)15-9-10-15/h6-8,11,13,15,19-20H,9-10,12,14H2,1-5H3,(H,23,25)/t19?,20-/m0/s1. The number of hydrogen-bond acceptors (Lipinski definition) is 3. The highest BCUT2D eigenvalue weighted by atomic mass is 16.6. The van der Waals surface area contributed by atoms with E-state index in [-0.39, 0.29) is 18.2 Å². The van der Waals surface area contributed by atoms with Gasteiger partial charge in [0.2, 0.25) is 0 Å². The summed E-state index contributed by atoms with van der Waals surface area (Å²) in [6, 6.07) is 9.33. The molecule has 1 saturated carbocycles. The maximum absolute atomic E-state index is 12.2. The first kappa shape index (κ1) is 19.0. The molecule has 1 amide bonds. The van der Waals surface area contributed by atoms with Crippen molar-refractivity contribution in [2.75, 3.05) is 14.1 Å². The molecule has 2 aliphatic carbocycles. The molecule has 1 aromatic rings. The maximum atomic E-state index is 12.2. The van der Waals surface area contributed by atoms with Crippen LogP contribution in [0.4, 0.5) is 4.79 Å². The number of amides is 1. The smallest absolute Gasteiger partial charge is 0.407 e. The van der Waals surface area contributed by atoms with Crippen molar-refractivity contribution in [3.05, 3.63) is 41.5 Å². The van der Waals surface area contributed by atoms with Gasteiger partial charge in [-0.1, -0.05) is 30.3 Å². The highest BCUT2D eigenvalue weighted by Crippen LogP contribution is 2.41. The number of nitrogens with one attached hydrogen (secondary N) is 1. The van der Waals surface area contributed by atoms with E-state index in [1.807, 2.05) is 20.8 Å². The molecule has 2 atom stereocenters. The van der Waals surface area contributed by atoms with Crippen molar-refractivity contribution >= 4 is 11.7 Å². The van der Waals surface area contributed by atoms with E-state index < -0.39 is 5.60 Å². The fraction of sp³-hybridized carbons (Fsp3) is 0.591. The van der Waals surface area contributed by atoms with Gasteiger partial charge >= 0.3 is 6.09 Å². The van der Waals surface area contributed by atoms with E-state index in [0.717, 1.165) is 18.8 Å². The zero-order chi connectivity index (χ0) is 18.9. The van der Waals surface area contributed by atoms with E-state index in [2.05, 4.69) is 54.7 Å². The van der Waals surface area contributed by atoms with Gasteiger partial charge in [-0.3, -0.25) is 0 Å². The van der Waals surface area contributed by atoms with Gasteiger partial charge in [-0.2, -0.15) is 0 Å². The number of benzene rings is 1. The van der Waals surface area contributed by atoms with E-state index in [9.17, 15) is 4.79 Å². The fourth-order valence-electron chi connectivity index (χ4n) is 3.68. The predicted octanol–water partition coefficient (Wildman–Crippen LogP) is 4.56. The molecule has 3 rings (SSSR count). The second-order valence-corrected chi connectivity index (χ2v) is 8.85. The average molecular weight is 357 g/mol. The summed E-state index contributed by atoms with van der Waals surface area (Å²) in [5.41, 5.74) is 3.71. The minimum atomic E-state index is -0.476. The van der Waals surface area contributed by atoms with Crippen LogP contribution in [0.15, 0.2) is 30.3 Å². The lowest BCUT2D eigenvalue weighted by Gasteiger charge is -2.36. The molecule has 0 spiro atoms. The van der Waals surface area contributed by atoms with Crippen LogP contribution in [0.3, 0.4) is 0 Å². The number of carbonyl (C=O) groups excluding carboxylic acids is 1. The van der Waals surface area contributed by atoms with Gasteiger partial charge in [-0.05, 0) is 83.2 Å². The molecule has 1 aromatic carbocycles. The van der Waals surface area contributed by atoms with Crippen LogP contribution in [-0.4, -0.2) is 42.8 Å². The number of likely N-dealkylation sites (N-methyl/N-ethyl adjacent to an activating group) is 1. The Morgan fingerprint density at radius 1 is 1.23 bits per heavy atom. The Morgan fingerprint density at radius 3 is 2.58 bits per heavy atom. The zero-order valence-corrected chi connectivity index (χ0v) is 16.7. The van der Waals surface area contributed by atoms with E-state index >= 15 is 0 Å². The molecule has 26 heavy (non-hydrogen) atoms. The van der Waals surface area contributed by atoms with Gasteiger partial charge in [0.05, 0.1) is 6.04 Å². The molecule has 142 valence electrons. The molecular formula is C22H32N2O2. The third-order valence-electron chi connectivity index (χ3n) is 5.18. The van der Waals surface area contributed by atoms with Gasteiger partial charge < -0.3 is 15.0 Å². The monoisotopic (exact) mass is 356 g/mol. The minimum absolute atomic E-state index is 0.0650. The molecule has 1 fully saturated rings. The lowest BCUT2D eigenvalue weighted by Crippen LogP contribution is -2.51. The van der Waals surface area contributed by atoms with Crippen molar-refractivity contribution in [3.63, 3.8) is 0 Å². The maximum Gasteiger partial charge on any atom is 0.407 e. The van der Waals surface area contributed by atoms with Crippen molar-refractivity contribution in [1.29, 1.82) is 0 Å². The molecular weight excluding hydrogens is 324 g/mol. The van der Waals surface area contributed by atoms with E-state index in [0.29, 0.717) is 0 Å². The highest BCUT2D eigenvalue weighted by Gasteiger charge is 2.31. The van der Waals surface area contributed by atoms with Crippen LogP contribution in [0.25, 0.3) is 5.57 Å². The molecule has 0 aromatic heterocycles. The molecule has 1 N–H and O–H groups in total. The molecule has 1 unspecified atom stereocenters. The number of nitrogens with zero attached hydrogens (tertiary/aromatic N) is 1. The van der Waals surface area contributed by atoms with Gasteiger partial charge in [-0.15, -0.1) is 0 Å². The number of rotatable bonds is 4. The van der Waals surface area contributed by atoms with Gasteiger partial charge in [0, 0.05) is 6.04 Å². The van der Waals surface area contributed by atoms with Crippen LogP contribution in [0.1, 0.15) is 63.5 Å². The van der Waals surface area contributed by atoms with Crippen molar-refractivity contribution in [3.8, 4) is 0 Å². The Bertz CT molecular complexity index is 684. The molecule has 0 heterocycles. The predicted molar refractivity (Wildman–Crippen MR) is 106 cm³/mol. The van der Waals surface area contributed by atoms with Gasteiger partial charge in [0.1, 0.15) is 5.60 Å². The SMILES string of the molecule is CN(C)[C@H]1CC(c2cccc(C3CC3)c2)=CCC1NC(=O)OC(C)(C)C. The quantitative estimate of drug-likeness (QED) is 0.859.